The van der Waals surface area contributed by atoms with E-state index in [1.165, 1.54) is 19.8 Å². The lowest BCUT2D eigenvalue weighted by molar-refractivity contribution is -0.169. The van der Waals surface area contributed by atoms with Crippen molar-refractivity contribution in [3.05, 3.63) is 47.6 Å². The summed E-state index contributed by atoms with van der Waals surface area (Å²) in [6, 6.07) is 0. The van der Waals surface area contributed by atoms with Crippen LogP contribution in [0.15, 0.2) is 47.6 Å². The molecule has 0 radical (unpaired) electrons. The van der Waals surface area contributed by atoms with Crippen molar-refractivity contribution < 1.29 is 19.1 Å². The molecule has 0 bridgehead atoms. The van der Waals surface area contributed by atoms with Gasteiger partial charge in [0.05, 0.1) is 14.2 Å². The molecule has 0 saturated heterocycles. The lowest BCUT2D eigenvalue weighted by atomic mass is 9.79. The van der Waals surface area contributed by atoms with Crippen LogP contribution in [0.4, 0.5) is 0 Å². The van der Waals surface area contributed by atoms with Crippen molar-refractivity contribution in [2.45, 2.75) is 72.6 Å². The SMILES string of the molecule is C=CCC/C(C)=C/CC/C(C)=C/CC(CCC=C(C)C)(C(=O)OC)C(=O)OC. The van der Waals surface area contributed by atoms with E-state index in [9.17, 15) is 9.59 Å². The van der Waals surface area contributed by atoms with E-state index in [-0.39, 0.29) is 6.42 Å². The van der Waals surface area contributed by atoms with Crippen LogP contribution < -0.4 is 0 Å². The van der Waals surface area contributed by atoms with Crippen LogP contribution in [0.25, 0.3) is 0 Å². The summed E-state index contributed by atoms with van der Waals surface area (Å²) in [5.41, 5.74) is 2.35. The van der Waals surface area contributed by atoms with Gasteiger partial charge < -0.3 is 9.47 Å². The zero-order valence-electron chi connectivity index (χ0n) is 18.6. The van der Waals surface area contributed by atoms with E-state index in [4.69, 9.17) is 9.47 Å². The van der Waals surface area contributed by atoms with Crippen molar-refractivity contribution in [1.29, 1.82) is 0 Å². The molecule has 0 saturated carbocycles. The predicted molar refractivity (Wildman–Crippen MR) is 116 cm³/mol. The Hall–Kier alpha value is -2.10. The van der Waals surface area contributed by atoms with Gasteiger partial charge in [-0.3, -0.25) is 9.59 Å². The zero-order chi connectivity index (χ0) is 21.6. The van der Waals surface area contributed by atoms with Crippen molar-refractivity contribution >= 4 is 11.9 Å². The Bertz CT molecular complexity index is 588. The molecule has 0 aromatic heterocycles. The fourth-order valence-electron chi connectivity index (χ4n) is 2.98. The molecule has 0 spiro atoms. The molecule has 0 aliphatic heterocycles. The third kappa shape index (κ3) is 9.20. The second-order valence-corrected chi connectivity index (χ2v) is 7.56. The first-order valence-electron chi connectivity index (χ1n) is 9.95. The van der Waals surface area contributed by atoms with Crippen molar-refractivity contribution in [3.63, 3.8) is 0 Å². The molecule has 4 heteroatoms. The number of hydrogen-bond donors (Lipinski definition) is 0. The highest BCUT2D eigenvalue weighted by Crippen LogP contribution is 2.33. The molecule has 0 rings (SSSR count). The molecular formula is C24H38O4. The Morgan fingerprint density at radius 1 is 0.821 bits per heavy atom. The molecule has 0 unspecified atom stereocenters. The first kappa shape index (κ1) is 25.9. The fraction of sp³-hybridized carbons (Fsp3) is 0.583. The van der Waals surface area contributed by atoms with Crippen molar-refractivity contribution in [3.8, 4) is 0 Å². The molecule has 158 valence electrons. The maximum absolute atomic E-state index is 12.5. The predicted octanol–water partition coefficient (Wildman–Crippen LogP) is 6.09. The number of allylic oxidation sites excluding steroid dienone is 7. The van der Waals surface area contributed by atoms with E-state index in [1.54, 1.807) is 0 Å². The average molecular weight is 391 g/mol. The number of carbonyl (C=O) groups excluding carboxylic acids is 2. The van der Waals surface area contributed by atoms with Crippen molar-refractivity contribution in [1.82, 2.24) is 0 Å². The van der Waals surface area contributed by atoms with Crippen LogP contribution >= 0.6 is 0 Å². The first-order chi connectivity index (χ1) is 13.2. The topological polar surface area (TPSA) is 52.6 Å². The summed E-state index contributed by atoms with van der Waals surface area (Å²) in [5.74, 6) is -1.07. The van der Waals surface area contributed by atoms with Crippen LogP contribution in [0.5, 0.6) is 0 Å². The Morgan fingerprint density at radius 2 is 1.36 bits per heavy atom. The number of methoxy groups -OCH3 is 2. The Kier molecular flexibility index (Phi) is 12.9. The van der Waals surface area contributed by atoms with Crippen LogP contribution in [-0.2, 0) is 19.1 Å². The van der Waals surface area contributed by atoms with Crippen LogP contribution in [0, 0.1) is 5.41 Å². The summed E-state index contributed by atoms with van der Waals surface area (Å²) in [6.45, 7) is 11.9. The molecule has 0 aromatic rings. The zero-order valence-corrected chi connectivity index (χ0v) is 18.6. The van der Waals surface area contributed by atoms with Gasteiger partial charge in [-0.1, -0.05) is 41.0 Å². The number of rotatable bonds is 13. The summed E-state index contributed by atoms with van der Waals surface area (Å²) in [6.07, 6.45) is 13.3. The van der Waals surface area contributed by atoms with E-state index < -0.39 is 17.4 Å². The Morgan fingerprint density at radius 3 is 1.86 bits per heavy atom. The highest BCUT2D eigenvalue weighted by molar-refractivity contribution is 6.00. The molecular weight excluding hydrogens is 352 g/mol. The van der Waals surface area contributed by atoms with Gasteiger partial charge in [0.25, 0.3) is 0 Å². The molecule has 4 nitrogen and oxygen atoms in total. The third-order valence-electron chi connectivity index (χ3n) is 4.85. The number of esters is 2. The average Bonchev–Trinajstić information content (AvgIpc) is 2.67. The second-order valence-electron chi connectivity index (χ2n) is 7.56. The van der Waals surface area contributed by atoms with Crippen molar-refractivity contribution in [2.75, 3.05) is 14.2 Å². The molecule has 0 N–H and O–H groups in total. The molecule has 0 fully saturated rings. The summed E-state index contributed by atoms with van der Waals surface area (Å²) < 4.78 is 9.94. The lowest BCUT2D eigenvalue weighted by Crippen LogP contribution is -2.41. The Labute approximate surface area is 171 Å². The molecule has 0 aliphatic rings. The van der Waals surface area contributed by atoms with Gasteiger partial charge in [0, 0.05) is 0 Å². The summed E-state index contributed by atoms with van der Waals surface area (Å²) in [7, 11) is 2.63. The molecule has 0 heterocycles. The standard InChI is InChI=1S/C24H38O4/c1-8-9-13-20(4)14-10-15-21(5)16-18-24(22(25)27-6,23(26)28-7)17-11-12-19(2)3/h8,12,14,16H,1,9-11,13,15,17-18H2,2-7H3/b20-14+,21-16+. The maximum Gasteiger partial charge on any atom is 0.323 e. The largest absolute Gasteiger partial charge is 0.468 e. The van der Waals surface area contributed by atoms with Crippen LogP contribution in [0.1, 0.15) is 72.6 Å². The number of ether oxygens (including phenoxy) is 2. The van der Waals surface area contributed by atoms with Gasteiger partial charge in [-0.2, -0.15) is 0 Å². The van der Waals surface area contributed by atoms with Gasteiger partial charge in [0.1, 0.15) is 0 Å². The Balaban J connectivity index is 5.26. The summed E-state index contributed by atoms with van der Waals surface area (Å²) in [5, 5.41) is 0. The van der Waals surface area contributed by atoms with Crippen LogP contribution in [0.2, 0.25) is 0 Å². The van der Waals surface area contributed by atoms with E-state index in [0.29, 0.717) is 12.8 Å². The molecule has 0 amide bonds. The highest BCUT2D eigenvalue weighted by atomic mass is 16.5. The third-order valence-corrected chi connectivity index (χ3v) is 4.85. The van der Waals surface area contributed by atoms with Gasteiger partial charge in [-0.25, -0.2) is 0 Å². The number of hydrogen-bond acceptors (Lipinski definition) is 4. The summed E-state index contributed by atoms with van der Waals surface area (Å²) in [4.78, 5) is 25.1. The van der Waals surface area contributed by atoms with Gasteiger partial charge in [0.15, 0.2) is 5.41 Å². The molecule has 0 aliphatic carbocycles. The first-order valence-corrected chi connectivity index (χ1v) is 9.95. The van der Waals surface area contributed by atoms with E-state index >= 15 is 0 Å². The lowest BCUT2D eigenvalue weighted by Gasteiger charge is -2.27. The minimum atomic E-state index is -1.30. The highest BCUT2D eigenvalue weighted by Gasteiger charge is 2.46. The van der Waals surface area contributed by atoms with Gasteiger partial charge in [0.2, 0.25) is 0 Å². The van der Waals surface area contributed by atoms with E-state index in [0.717, 1.165) is 36.8 Å². The monoisotopic (exact) mass is 390 g/mol. The van der Waals surface area contributed by atoms with Gasteiger partial charge in [-0.05, 0) is 72.6 Å². The normalized spacial score (nSPS) is 12.4. The quantitative estimate of drug-likeness (QED) is 0.217. The number of carbonyl (C=O) groups is 2. The maximum atomic E-state index is 12.5. The van der Waals surface area contributed by atoms with Gasteiger partial charge >= 0.3 is 11.9 Å². The minimum Gasteiger partial charge on any atom is -0.468 e. The second kappa shape index (κ2) is 14.0. The summed E-state index contributed by atoms with van der Waals surface area (Å²) >= 11 is 0. The molecule has 0 atom stereocenters. The fourth-order valence-corrected chi connectivity index (χ4v) is 2.98. The van der Waals surface area contributed by atoms with E-state index in [2.05, 4.69) is 19.6 Å². The molecule has 0 aromatic carbocycles. The van der Waals surface area contributed by atoms with Gasteiger partial charge in [-0.15, -0.1) is 6.58 Å². The minimum absolute atomic E-state index is 0.286. The van der Waals surface area contributed by atoms with Crippen LogP contribution in [0.3, 0.4) is 0 Å². The smallest absolute Gasteiger partial charge is 0.323 e. The van der Waals surface area contributed by atoms with Crippen molar-refractivity contribution in [2.24, 2.45) is 5.41 Å². The van der Waals surface area contributed by atoms with E-state index in [1.807, 2.05) is 39.0 Å². The molecule has 28 heavy (non-hydrogen) atoms. The van der Waals surface area contributed by atoms with Crippen LogP contribution in [-0.4, -0.2) is 26.2 Å².